The summed E-state index contributed by atoms with van der Waals surface area (Å²) in [4.78, 5) is 43.6. The van der Waals surface area contributed by atoms with Gasteiger partial charge in [-0.3, -0.25) is 14.4 Å². The molecule has 29 heavy (non-hydrogen) atoms. The van der Waals surface area contributed by atoms with Crippen molar-refractivity contribution >= 4 is 17.7 Å². The van der Waals surface area contributed by atoms with E-state index >= 15 is 0 Å². The van der Waals surface area contributed by atoms with Crippen LogP contribution in [0, 0.1) is 12.3 Å². The van der Waals surface area contributed by atoms with Crippen molar-refractivity contribution in [2.75, 3.05) is 33.7 Å². The Kier molecular flexibility index (Phi) is 6.18. The standard InChI is InChI=1S/C19H31N7O3/c1-14-19(8-5-10-24(18(19)29)13-17(28)23(3)4)9-6-11-25(14)16(27)7-12-26-15(2)20-21-22-26/h14H,5-13H2,1-4H3/t14-,19-/m0/s1. The predicted octanol–water partition coefficient (Wildman–Crippen LogP) is 0.0795. The molecule has 10 nitrogen and oxygen atoms in total. The Balaban J connectivity index is 1.70. The summed E-state index contributed by atoms with van der Waals surface area (Å²) >= 11 is 0. The Morgan fingerprint density at radius 1 is 1.21 bits per heavy atom. The van der Waals surface area contributed by atoms with Crippen LogP contribution in [0.4, 0.5) is 0 Å². The topological polar surface area (TPSA) is 105 Å². The first-order valence-electron chi connectivity index (χ1n) is 10.3. The van der Waals surface area contributed by atoms with E-state index in [4.69, 9.17) is 0 Å². The van der Waals surface area contributed by atoms with Gasteiger partial charge >= 0.3 is 0 Å². The van der Waals surface area contributed by atoms with Crippen LogP contribution in [0.15, 0.2) is 0 Å². The minimum atomic E-state index is -0.594. The number of rotatable bonds is 5. The van der Waals surface area contributed by atoms with Gasteiger partial charge in [-0.25, -0.2) is 4.68 Å². The lowest BCUT2D eigenvalue weighted by molar-refractivity contribution is -0.161. The fourth-order valence-corrected chi connectivity index (χ4v) is 4.59. The van der Waals surface area contributed by atoms with Gasteiger partial charge < -0.3 is 14.7 Å². The van der Waals surface area contributed by atoms with Crippen LogP contribution in [0.2, 0.25) is 0 Å². The van der Waals surface area contributed by atoms with Crippen LogP contribution < -0.4 is 0 Å². The maximum absolute atomic E-state index is 13.4. The van der Waals surface area contributed by atoms with E-state index in [9.17, 15) is 14.4 Å². The van der Waals surface area contributed by atoms with Gasteiger partial charge in [-0.15, -0.1) is 5.10 Å². The van der Waals surface area contributed by atoms with Crippen LogP contribution in [-0.2, 0) is 20.9 Å². The number of piperidine rings is 2. The van der Waals surface area contributed by atoms with Gasteiger partial charge in [-0.05, 0) is 50.0 Å². The van der Waals surface area contributed by atoms with Gasteiger partial charge in [0.1, 0.15) is 5.82 Å². The molecule has 1 aromatic heterocycles. The van der Waals surface area contributed by atoms with Crippen molar-refractivity contribution in [1.82, 2.24) is 34.9 Å². The number of amides is 3. The van der Waals surface area contributed by atoms with Crippen molar-refractivity contribution in [3.05, 3.63) is 5.82 Å². The van der Waals surface area contributed by atoms with Crippen LogP contribution in [0.5, 0.6) is 0 Å². The summed E-state index contributed by atoms with van der Waals surface area (Å²) in [6.45, 7) is 5.56. The number of likely N-dealkylation sites (tertiary alicyclic amines) is 2. The molecule has 0 N–H and O–H groups in total. The second-order valence-corrected chi connectivity index (χ2v) is 8.34. The van der Waals surface area contributed by atoms with Crippen LogP contribution in [-0.4, -0.2) is 92.4 Å². The molecule has 0 radical (unpaired) electrons. The molecule has 0 unspecified atom stereocenters. The maximum atomic E-state index is 13.4. The minimum absolute atomic E-state index is 0.0141. The molecule has 2 fully saturated rings. The smallest absolute Gasteiger partial charge is 0.241 e. The average molecular weight is 406 g/mol. The van der Waals surface area contributed by atoms with E-state index in [1.165, 1.54) is 4.90 Å². The van der Waals surface area contributed by atoms with Crippen molar-refractivity contribution in [3.8, 4) is 0 Å². The maximum Gasteiger partial charge on any atom is 0.241 e. The van der Waals surface area contributed by atoms with Gasteiger partial charge in [0.2, 0.25) is 17.7 Å². The number of aryl methyl sites for hydroxylation is 2. The molecule has 0 aromatic carbocycles. The molecule has 2 saturated heterocycles. The Morgan fingerprint density at radius 2 is 1.90 bits per heavy atom. The molecule has 1 aromatic rings. The molecule has 0 bridgehead atoms. The van der Waals surface area contributed by atoms with Crippen molar-refractivity contribution in [1.29, 1.82) is 0 Å². The molecule has 2 atom stereocenters. The third-order valence-corrected chi connectivity index (χ3v) is 6.45. The molecule has 3 heterocycles. The molecule has 3 rings (SSSR count). The fraction of sp³-hybridized carbons (Fsp3) is 0.789. The fourth-order valence-electron chi connectivity index (χ4n) is 4.59. The molecule has 2 aliphatic heterocycles. The van der Waals surface area contributed by atoms with Crippen LogP contribution >= 0.6 is 0 Å². The van der Waals surface area contributed by atoms with Gasteiger partial charge in [-0.2, -0.15) is 0 Å². The first kappa shape index (κ1) is 21.2. The molecule has 10 heteroatoms. The van der Waals surface area contributed by atoms with E-state index in [-0.39, 0.29) is 30.3 Å². The first-order chi connectivity index (χ1) is 13.8. The highest BCUT2D eigenvalue weighted by Crippen LogP contribution is 2.44. The molecule has 3 amide bonds. The van der Waals surface area contributed by atoms with E-state index < -0.39 is 5.41 Å². The summed E-state index contributed by atoms with van der Waals surface area (Å²) in [7, 11) is 3.39. The van der Waals surface area contributed by atoms with Crippen LogP contribution in [0.25, 0.3) is 0 Å². The molecule has 2 aliphatic rings. The zero-order valence-electron chi connectivity index (χ0n) is 17.8. The zero-order valence-corrected chi connectivity index (χ0v) is 17.8. The van der Waals surface area contributed by atoms with Crippen molar-refractivity contribution < 1.29 is 14.4 Å². The molecule has 0 aliphatic carbocycles. The van der Waals surface area contributed by atoms with Gasteiger partial charge in [0.05, 0.1) is 18.5 Å². The summed E-state index contributed by atoms with van der Waals surface area (Å²) in [5, 5.41) is 11.3. The Bertz CT molecular complexity index is 774. The van der Waals surface area contributed by atoms with Crippen molar-refractivity contribution in [2.24, 2.45) is 5.41 Å². The summed E-state index contributed by atoms with van der Waals surface area (Å²) in [6.07, 6.45) is 3.46. The van der Waals surface area contributed by atoms with Gasteiger partial charge in [0, 0.05) is 39.6 Å². The van der Waals surface area contributed by atoms with E-state index in [1.807, 2.05) is 11.8 Å². The van der Waals surface area contributed by atoms with Crippen molar-refractivity contribution in [3.63, 3.8) is 0 Å². The van der Waals surface area contributed by atoms with Gasteiger partial charge in [0.25, 0.3) is 0 Å². The first-order valence-corrected chi connectivity index (χ1v) is 10.3. The normalized spacial score (nSPS) is 24.8. The van der Waals surface area contributed by atoms with E-state index in [1.54, 1.807) is 30.6 Å². The highest BCUT2D eigenvalue weighted by molar-refractivity contribution is 5.90. The lowest BCUT2D eigenvalue weighted by Crippen LogP contribution is -2.62. The van der Waals surface area contributed by atoms with Crippen LogP contribution in [0.1, 0.15) is 44.9 Å². The summed E-state index contributed by atoms with van der Waals surface area (Å²) in [5.41, 5.74) is -0.594. The zero-order chi connectivity index (χ0) is 21.2. The Labute approximate surface area is 171 Å². The predicted molar refractivity (Wildman–Crippen MR) is 105 cm³/mol. The van der Waals surface area contributed by atoms with Crippen molar-refractivity contribution in [2.45, 2.75) is 58.5 Å². The summed E-state index contributed by atoms with van der Waals surface area (Å²) in [5.74, 6) is 0.620. The average Bonchev–Trinajstić information content (AvgIpc) is 3.10. The molecular formula is C19H31N7O3. The van der Waals surface area contributed by atoms with Gasteiger partial charge in [-0.1, -0.05) is 0 Å². The number of likely N-dealkylation sites (N-methyl/N-ethyl adjacent to an activating group) is 1. The number of hydrogen-bond donors (Lipinski definition) is 0. The van der Waals surface area contributed by atoms with E-state index in [0.29, 0.717) is 31.9 Å². The number of tetrazole rings is 1. The highest BCUT2D eigenvalue weighted by atomic mass is 16.2. The molecule has 160 valence electrons. The Hall–Kier alpha value is -2.52. The quantitative estimate of drug-likeness (QED) is 0.687. The van der Waals surface area contributed by atoms with E-state index in [0.717, 1.165) is 25.7 Å². The number of carbonyl (C=O) groups is 3. The van der Waals surface area contributed by atoms with E-state index in [2.05, 4.69) is 15.5 Å². The number of nitrogens with zero attached hydrogens (tertiary/aromatic N) is 7. The van der Waals surface area contributed by atoms with Crippen LogP contribution in [0.3, 0.4) is 0 Å². The SMILES string of the molecule is Cc1nnnn1CCC(=O)N1CCC[C@@]2(CCCN(CC(=O)N(C)C)C2=O)[C@@H]1C. The van der Waals surface area contributed by atoms with Gasteiger partial charge in [0.15, 0.2) is 0 Å². The highest BCUT2D eigenvalue weighted by Gasteiger charge is 2.52. The number of carbonyl (C=O) groups excluding carboxylic acids is 3. The molecular weight excluding hydrogens is 374 g/mol. The summed E-state index contributed by atoms with van der Waals surface area (Å²) in [6, 6.07) is -0.191. The Morgan fingerprint density at radius 3 is 2.52 bits per heavy atom. The third kappa shape index (κ3) is 4.11. The molecule has 1 spiro atoms. The summed E-state index contributed by atoms with van der Waals surface area (Å²) < 4.78 is 1.61. The largest absolute Gasteiger partial charge is 0.347 e. The minimum Gasteiger partial charge on any atom is -0.347 e. The lowest BCUT2D eigenvalue weighted by atomic mass is 9.67. The molecule has 0 saturated carbocycles. The second-order valence-electron chi connectivity index (χ2n) is 8.34. The lowest BCUT2D eigenvalue weighted by Gasteiger charge is -2.51. The third-order valence-electron chi connectivity index (χ3n) is 6.45. The number of aromatic nitrogens is 4. The second kappa shape index (κ2) is 8.46. The monoisotopic (exact) mass is 405 g/mol. The number of hydrogen-bond acceptors (Lipinski definition) is 6.